The molecule has 0 bridgehead atoms. The minimum absolute atomic E-state index is 0.0723. The van der Waals surface area contributed by atoms with Crippen molar-refractivity contribution in [2.45, 2.75) is 6.54 Å². The molecule has 1 aromatic carbocycles. The zero-order chi connectivity index (χ0) is 23.2. The molecule has 1 amide bonds. The number of methoxy groups -OCH3 is 2. The van der Waals surface area contributed by atoms with E-state index in [0.717, 1.165) is 4.57 Å². The number of nitrogens with one attached hydrogen (secondary N) is 1. The van der Waals surface area contributed by atoms with Gasteiger partial charge in [-0.2, -0.15) is 4.98 Å². The summed E-state index contributed by atoms with van der Waals surface area (Å²) in [6.07, 6.45) is 1.32. The maximum absolute atomic E-state index is 12.8. The van der Waals surface area contributed by atoms with Crippen LogP contribution in [0.5, 0.6) is 11.5 Å². The lowest BCUT2D eigenvalue weighted by molar-refractivity contribution is -0.116. The number of rotatable bonds is 5. The molecule has 0 fully saturated rings. The Balaban J connectivity index is 1.73. The molecule has 3 aromatic heterocycles. The van der Waals surface area contributed by atoms with E-state index in [2.05, 4.69) is 20.3 Å². The number of benzene rings is 1. The van der Waals surface area contributed by atoms with Crippen LogP contribution in [0.2, 0.25) is 5.28 Å². The molecule has 13 heteroatoms. The number of carbonyl (C=O) groups excluding carboxylic acids is 1. The second kappa shape index (κ2) is 7.96. The minimum atomic E-state index is -0.555. The molecule has 0 aliphatic heterocycles. The van der Waals surface area contributed by atoms with Crippen LogP contribution >= 0.6 is 11.6 Å². The Morgan fingerprint density at radius 3 is 2.47 bits per heavy atom. The second-order valence-corrected chi connectivity index (χ2v) is 7.20. The van der Waals surface area contributed by atoms with Gasteiger partial charge in [0.25, 0.3) is 5.56 Å². The number of halogens is 1. The SMILES string of the molecule is COc1cc2nc(Cl)nc(NC(=O)Cn3cnc4c3c(=O)n(C)c(=O)n4C)c2cc1OC. The highest BCUT2D eigenvalue weighted by molar-refractivity contribution is 6.29. The van der Waals surface area contributed by atoms with Gasteiger partial charge < -0.3 is 19.4 Å². The predicted molar refractivity (Wildman–Crippen MR) is 116 cm³/mol. The lowest BCUT2D eigenvalue weighted by Gasteiger charge is -2.12. The molecule has 0 aliphatic rings. The Labute approximate surface area is 185 Å². The number of imidazole rings is 1. The number of aromatic nitrogens is 6. The van der Waals surface area contributed by atoms with Crippen LogP contribution in [-0.4, -0.2) is 48.8 Å². The van der Waals surface area contributed by atoms with Crippen molar-refractivity contribution in [1.82, 2.24) is 28.7 Å². The fourth-order valence-corrected chi connectivity index (χ4v) is 3.54. The summed E-state index contributed by atoms with van der Waals surface area (Å²) in [5.41, 5.74) is -0.320. The van der Waals surface area contributed by atoms with Crippen molar-refractivity contribution in [2.75, 3.05) is 19.5 Å². The number of amides is 1. The molecule has 0 aliphatic carbocycles. The number of nitrogens with zero attached hydrogens (tertiary/aromatic N) is 6. The molecule has 0 radical (unpaired) electrons. The monoisotopic (exact) mass is 459 g/mol. The first-order valence-corrected chi connectivity index (χ1v) is 9.63. The maximum atomic E-state index is 12.8. The summed E-state index contributed by atoms with van der Waals surface area (Å²) in [5, 5.41) is 3.09. The number of ether oxygens (including phenoxy) is 2. The highest BCUT2D eigenvalue weighted by Crippen LogP contribution is 2.34. The van der Waals surface area contributed by atoms with Gasteiger partial charge in [-0.15, -0.1) is 0 Å². The second-order valence-electron chi connectivity index (χ2n) is 6.86. The molecule has 0 atom stereocenters. The molecule has 0 saturated heterocycles. The number of anilines is 1. The van der Waals surface area contributed by atoms with Crippen molar-refractivity contribution in [3.8, 4) is 11.5 Å². The van der Waals surface area contributed by atoms with Crippen molar-refractivity contribution in [1.29, 1.82) is 0 Å². The molecule has 12 nitrogen and oxygen atoms in total. The van der Waals surface area contributed by atoms with Crippen LogP contribution in [0.15, 0.2) is 28.0 Å². The zero-order valence-corrected chi connectivity index (χ0v) is 18.3. The van der Waals surface area contributed by atoms with E-state index in [1.807, 2.05) is 0 Å². The molecule has 0 saturated carbocycles. The van der Waals surface area contributed by atoms with Crippen LogP contribution in [0.4, 0.5) is 5.82 Å². The molecular formula is C19H18ClN7O5. The Morgan fingerprint density at radius 1 is 1.09 bits per heavy atom. The van der Waals surface area contributed by atoms with E-state index in [1.165, 1.54) is 43.8 Å². The maximum Gasteiger partial charge on any atom is 0.332 e. The van der Waals surface area contributed by atoms with E-state index < -0.39 is 17.2 Å². The van der Waals surface area contributed by atoms with Gasteiger partial charge >= 0.3 is 5.69 Å². The van der Waals surface area contributed by atoms with Crippen molar-refractivity contribution >= 4 is 45.4 Å². The Kier molecular flexibility index (Phi) is 5.30. The van der Waals surface area contributed by atoms with Gasteiger partial charge in [0.15, 0.2) is 22.7 Å². The summed E-state index contributed by atoms with van der Waals surface area (Å²) in [7, 11) is 5.83. The molecule has 4 aromatic rings. The van der Waals surface area contributed by atoms with Crippen molar-refractivity contribution in [2.24, 2.45) is 14.1 Å². The van der Waals surface area contributed by atoms with E-state index in [1.54, 1.807) is 12.1 Å². The van der Waals surface area contributed by atoms with Gasteiger partial charge in [0, 0.05) is 25.5 Å². The number of carbonyl (C=O) groups is 1. The molecule has 0 unspecified atom stereocenters. The van der Waals surface area contributed by atoms with Gasteiger partial charge in [0.2, 0.25) is 11.2 Å². The summed E-state index contributed by atoms with van der Waals surface area (Å²) in [6.45, 7) is -0.250. The van der Waals surface area contributed by atoms with Crippen LogP contribution in [0, 0.1) is 0 Å². The third kappa shape index (κ3) is 3.43. The number of hydrogen-bond donors (Lipinski definition) is 1. The largest absolute Gasteiger partial charge is 0.493 e. The number of hydrogen-bond acceptors (Lipinski definition) is 8. The van der Waals surface area contributed by atoms with E-state index in [9.17, 15) is 14.4 Å². The molecular weight excluding hydrogens is 442 g/mol. The summed E-state index contributed by atoms with van der Waals surface area (Å²) >= 11 is 6.03. The van der Waals surface area contributed by atoms with Gasteiger partial charge in [0.05, 0.1) is 26.1 Å². The summed E-state index contributed by atoms with van der Waals surface area (Å²) < 4.78 is 14.1. The Morgan fingerprint density at radius 2 is 1.78 bits per heavy atom. The topological polar surface area (TPSA) is 135 Å². The summed E-state index contributed by atoms with van der Waals surface area (Å²) in [4.78, 5) is 49.8. The highest BCUT2D eigenvalue weighted by atomic mass is 35.5. The van der Waals surface area contributed by atoms with Crippen molar-refractivity contribution < 1.29 is 14.3 Å². The normalized spacial score (nSPS) is 11.2. The number of aryl methyl sites for hydroxylation is 1. The van der Waals surface area contributed by atoms with Crippen LogP contribution in [0.1, 0.15) is 0 Å². The summed E-state index contributed by atoms with van der Waals surface area (Å²) in [6, 6.07) is 3.24. The third-order valence-corrected chi connectivity index (χ3v) is 5.13. The van der Waals surface area contributed by atoms with E-state index in [0.29, 0.717) is 22.4 Å². The van der Waals surface area contributed by atoms with Gasteiger partial charge in [0.1, 0.15) is 12.4 Å². The minimum Gasteiger partial charge on any atom is -0.493 e. The summed E-state index contributed by atoms with van der Waals surface area (Å²) in [5.74, 6) is 0.534. The van der Waals surface area contributed by atoms with Gasteiger partial charge in [-0.3, -0.25) is 18.7 Å². The van der Waals surface area contributed by atoms with E-state index >= 15 is 0 Å². The van der Waals surface area contributed by atoms with Gasteiger partial charge in [-0.1, -0.05) is 0 Å². The average molecular weight is 460 g/mol. The number of fused-ring (bicyclic) bond motifs is 2. The van der Waals surface area contributed by atoms with Gasteiger partial charge in [-0.05, 0) is 17.7 Å². The van der Waals surface area contributed by atoms with Crippen LogP contribution < -0.4 is 26.0 Å². The average Bonchev–Trinajstić information content (AvgIpc) is 3.18. The molecule has 32 heavy (non-hydrogen) atoms. The predicted octanol–water partition coefficient (Wildman–Crippen LogP) is 0.686. The van der Waals surface area contributed by atoms with E-state index in [-0.39, 0.29) is 28.8 Å². The standard InChI is InChI=1S/C19H18ClN7O5/c1-25-16-14(17(29)26(2)19(25)30)27(8-21-16)7-13(28)23-15-9-5-11(31-3)12(32-4)6-10(9)22-18(20)24-15/h5-6,8H,7H2,1-4H3,(H,22,23,24,28). The zero-order valence-electron chi connectivity index (χ0n) is 17.5. The van der Waals surface area contributed by atoms with Crippen LogP contribution in [-0.2, 0) is 25.4 Å². The molecule has 4 rings (SSSR count). The molecule has 166 valence electrons. The van der Waals surface area contributed by atoms with E-state index in [4.69, 9.17) is 21.1 Å². The first-order chi connectivity index (χ1) is 15.2. The quantitative estimate of drug-likeness (QED) is 0.430. The molecule has 1 N–H and O–H groups in total. The Bertz CT molecular complexity index is 1500. The smallest absolute Gasteiger partial charge is 0.332 e. The first kappa shape index (κ1) is 21.3. The Hall–Kier alpha value is -3.93. The first-order valence-electron chi connectivity index (χ1n) is 9.25. The van der Waals surface area contributed by atoms with Gasteiger partial charge in [-0.25, -0.2) is 14.8 Å². The fraction of sp³-hybridized carbons (Fsp3) is 0.263. The molecule has 3 heterocycles. The highest BCUT2D eigenvalue weighted by Gasteiger charge is 2.18. The lowest BCUT2D eigenvalue weighted by Crippen LogP contribution is -2.37. The van der Waals surface area contributed by atoms with Crippen LogP contribution in [0.3, 0.4) is 0 Å². The van der Waals surface area contributed by atoms with Crippen LogP contribution in [0.25, 0.3) is 22.1 Å². The fourth-order valence-electron chi connectivity index (χ4n) is 3.37. The third-order valence-electron chi connectivity index (χ3n) is 4.96. The lowest BCUT2D eigenvalue weighted by atomic mass is 10.2. The molecule has 0 spiro atoms. The van der Waals surface area contributed by atoms with Crippen molar-refractivity contribution in [3.63, 3.8) is 0 Å². The van der Waals surface area contributed by atoms with Crippen molar-refractivity contribution in [3.05, 3.63) is 44.6 Å².